The molecule has 4 N–H and O–H groups in total. The number of hydrogen-bond acceptors (Lipinski definition) is 13. The van der Waals surface area contributed by atoms with Crippen LogP contribution in [0.4, 0.5) is 9.59 Å². The van der Waals surface area contributed by atoms with Crippen LogP contribution in [0.25, 0.3) is 23.1 Å². The second-order valence-electron chi connectivity index (χ2n) is 15.9. The first-order valence-electron chi connectivity index (χ1n) is 20.0. The van der Waals surface area contributed by atoms with Gasteiger partial charge in [0.2, 0.25) is 5.91 Å². The molecule has 0 radical (unpaired) electrons. The number of rotatable bonds is 18. The Kier molecular flexibility index (Phi) is 17.4. The van der Waals surface area contributed by atoms with Crippen molar-refractivity contribution in [2.75, 3.05) is 33.3 Å². The summed E-state index contributed by atoms with van der Waals surface area (Å²) in [6.07, 6.45) is 3.41. The van der Waals surface area contributed by atoms with Crippen LogP contribution in [-0.4, -0.2) is 117 Å². The second kappa shape index (κ2) is 22.4. The maximum absolute atomic E-state index is 14.6. The number of pyridine rings is 1. The number of alkyl carbamates (subject to hydrolysis) is 1. The SMILES string of the molecule is CNC(=O)c1ccccc1Sc1ccc2c(/C=C/c3ccccn3)nn(C(=O)N(CCNC(=O)[C@H](CCC(=O)OC(C)(C)C)NC(=O)OC(C)(C)C)CCC(=O)OCC(=O)O)c2c1. The Morgan fingerprint density at radius 1 is 0.873 bits per heavy atom. The number of esters is 2. The quantitative estimate of drug-likeness (QED) is 0.0710. The summed E-state index contributed by atoms with van der Waals surface area (Å²) < 4.78 is 16.7. The van der Waals surface area contributed by atoms with E-state index in [9.17, 15) is 33.6 Å². The Morgan fingerprint density at radius 2 is 1.59 bits per heavy atom. The number of carbonyl (C=O) groups is 7. The summed E-state index contributed by atoms with van der Waals surface area (Å²) in [6, 6.07) is 15.9. The first-order chi connectivity index (χ1) is 29.7. The molecule has 0 aliphatic carbocycles. The van der Waals surface area contributed by atoms with Gasteiger partial charge in [-0.1, -0.05) is 30.0 Å². The summed E-state index contributed by atoms with van der Waals surface area (Å²) in [5, 5.41) is 22.1. The molecular weight excluding hydrogens is 835 g/mol. The molecule has 4 rings (SSSR count). The average Bonchev–Trinajstić information content (AvgIpc) is 3.58. The van der Waals surface area contributed by atoms with Crippen molar-refractivity contribution in [3.8, 4) is 0 Å². The number of nitrogens with one attached hydrogen (secondary N) is 3. The number of carboxylic acid groups (broad SMARTS) is 1. The van der Waals surface area contributed by atoms with Gasteiger partial charge in [-0.2, -0.15) is 9.78 Å². The average molecular weight is 888 g/mol. The molecule has 63 heavy (non-hydrogen) atoms. The lowest BCUT2D eigenvalue weighted by molar-refractivity contribution is -0.155. The van der Waals surface area contributed by atoms with E-state index in [4.69, 9.17) is 19.3 Å². The van der Waals surface area contributed by atoms with E-state index in [0.29, 0.717) is 37.6 Å². The van der Waals surface area contributed by atoms with E-state index in [-0.39, 0.29) is 38.4 Å². The lowest BCUT2D eigenvalue weighted by atomic mass is 10.1. The number of aliphatic carboxylic acids is 1. The molecule has 18 nitrogen and oxygen atoms in total. The van der Waals surface area contributed by atoms with Gasteiger partial charge in [-0.05, 0) is 103 Å². The van der Waals surface area contributed by atoms with E-state index in [1.165, 1.54) is 23.7 Å². The molecule has 19 heteroatoms. The molecule has 2 heterocycles. The van der Waals surface area contributed by atoms with Crippen molar-refractivity contribution in [1.29, 1.82) is 0 Å². The standard InChI is InChI=1S/C44H53N7O11S/c1-43(2,3)61-38(55)20-19-33(48-41(58)62-44(4,5)6)40(57)47-23-25-50(24-21-37(54)60-27-36(52)53)42(59)51-34-26-29(63-35-14-9-8-13-31(35)39(56)45-7)16-17-30(34)32(49-51)18-15-28-12-10-11-22-46-28/h8-18,22,26,33H,19-21,23-25,27H2,1-7H3,(H,45,56)(H,47,57)(H,48,58)(H,52,53)/b18-15+/t33-/m0/s1. The lowest BCUT2D eigenvalue weighted by Gasteiger charge is -2.25. The highest BCUT2D eigenvalue weighted by molar-refractivity contribution is 7.99. The van der Waals surface area contributed by atoms with Crippen LogP contribution >= 0.6 is 11.8 Å². The summed E-state index contributed by atoms with van der Waals surface area (Å²) in [6.45, 7) is 8.51. The maximum atomic E-state index is 14.6. The van der Waals surface area contributed by atoms with Crippen LogP contribution < -0.4 is 16.0 Å². The summed E-state index contributed by atoms with van der Waals surface area (Å²) in [5.74, 6) is -3.80. The number of aromatic nitrogens is 3. The van der Waals surface area contributed by atoms with Gasteiger partial charge in [0.25, 0.3) is 5.91 Å². The van der Waals surface area contributed by atoms with E-state index in [0.717, 1.165) is 4.68 Å². The number of nitrogens with zero attached hydrogens (tertiary/aromatic N) is 4. The number of ether oxygens (including phenoxy) is 3. The summed E-state index contributed by atoms with van der Waals surface area (Å²) in [4.78, 5) is 96.7. The third-order valence-corrected chi connectivity index (χ3v) is 9.57. The molecule has 0 unspecified atom stereocenters. The highest BCUT2D eigenvalue weighted by Gasteiger charge is 2.28. The molecule has 0 aliphatic heterocycles. The number of benzene rings is 2. The number of carbonyl (C=O) groups excluding carboxylic acids is 6. The van der Waals surface area contributed by atoms with Gasteiger partial charge in [-0.3, -0.25) is 24.2 Å². The van der Waals surface area contributed by atoms with Crippen LogP contribution in [0.5, 0.6) is 0 Å². The first kappa shape index (κ1) is 48.9. The fourth-order valence-corrected chi connectivity index (χ4v) is 6.76. The van der Waals surface area contributed by atoms with E-state index in [1.807, 2.05) is 12.1 Å². The van der Waals surface area contributed by atoms with Crippen LogP contribution in [0, 0.1) is 0 Å². The second-order valence-corrected chi connectivity index (χ2v) is 17.0. The molecular formula is C44H53N7O11S. The van der Waals surface area contributed by atoms with Gasteiger partial charge in [0.05, 0.1) is 28.9 Å². The Bertz CT molecular complexity index is 2320. The van der Waals surface area contributed by atoms with Crippen molar-refractivity contribution in [3.63, 3.8) is 0 Å². The zero-order chi connectivity index (χ0) is 46.3. The highest BCUT2D eigenvalue weighted by Crippen LogP contribution is 2.34. The van der Waals surface area contributed by atoms with Gasteiger partial charge in [0, 0.05) is 54.5 Å². The zero-order valence-corrected chi connectivity index (χ0v) is 37.1. The largest absolute Gasteiger partial charge is 0.479 e. The predicted molar refractivity (Wildman–Crippen MR) is 234 cm³/mol. The Balaban J connectivity index is 1.67. The monoisotopic (exact) mass is 887 g/mol. The fourth-order valence-electron chi connectivity index (χ4n) is 5.78. The van der Waals surface area contributed by atoms with Gasteiger partial charge in [-0.25, -0.2) is 14.4 Å². The first-order valence-corrected chi connectivity index (χ1v) is 20.8. The number of hydrogen-bond donors (Lipinski definition) is 4. The number of amides is 4. The Labute approximate surface area is 369 Å². The van der Waals surface area contributed by atoms with E-state index in [2.05, 4.69) is 26.0 Å². The summed E-state index contributed by atoms with van der Waals surface area (Å²) in [5.41, 5.74) is 0.189. The fraction of sp³-hybridized carbons (Fsp3) is 0.386. The zero-order valence-electron chi connectivity index (χ0n) is 36.3. The smallest absolute Gasteiger partial charge is 0.408 e. The molecule has 4 amide bonds. The molecule has 4 aromatic rings. The van der Waals surface area contributed by atoms with Crippen molar-refractivity contribution in [2.45, 2.75) is 87.8 Å². The van der Waals surface area contributed by atoms with E-state index in [1.54, 1.807) is 108 Å². The van der Waals surface area contributed by atoms with Gasteiger partial charge in [-0.15, -0.1) is 0 Å². The van der Waals surface area contributed by atoms with Crippen LogP contribution in [0.15, 0.2) is 76.7 Å². The topological polar surface area (TPSA) is 237 Å². The number of fused-ring (bicyclic) bond motifs is 1. The Hall–Kier alpha value is -6.76. The third kappa shape index (κ3) is 15.9. The van der Waals surface area contributed by atoms with Crippen molar-refractivity contribution in [2.24, 2.45) is 0 Å². The lowest BCUT2D eigenvalue weighted by Crippen LogP contribution is -2.50. The predicted octanol–water partition coefficient (Wildman–Crippen LogP) is 5.53. The maximum Gasteiger partial charge on any atom is 0.408 e. The van der Waals surface area contributed by atoms with Gasteiger partial charge in [0.15, 0.2) is 6.61 Å². The van der Waals surface area contributed by atoms with Crippen molar-refractivity contribution < 1.29 is 52.9 Å². The minimum atomic E-state index is -1.36. The summed E-state index contributed by atoms with van der Waals surface area (Å²) in [7, 11) is 1.54. The van der Waals surface area contributed by atoms with Gasteiger partial charge in [0.1, 0.15) is 17.2 Å². The molecule has 0 saturated carbocycles. The molecule has 0 saturated heterocycles. The molecule has 0 bridgehead atoms. The van der Waals surface area contributed by atoms with Crippen LogP contribution in [0.3, 0.4) is 0 Å². The van der Waals surface area contributed by atoms with Crippen molar-refractivity contribution in [1.82, 2.24) is 35.6 Å². The molecule has 0 spiro atoms. The highest BCUT2D eigenvalue weighted by atomic mass is 32.2. The summed E-state index contributed by atoms with van der Waals surface area (Å²) >= 11 is 1.30. The number of carboxylic acids is 1. The van der Waals surface area contributed by atoms with Gasteiger partial charge >= 0.3 is 30.0 Å². The van der Waals surface area contributed by atoms with Crippen molar-refractivity contribution in [3.05, 3.63) is 83.8 Å². The van der Waals surface area contributed by atoms with Crippen LogP contribution in [-0.2, 0) is 33.4 Å². The third-order valence-electron chi connectivity index (χ3n) is 8.51. The van der Waals surface area contributed by atoms with Crippen LogP contribution in [0.1, 0.15) is 82.6 Å². The molecule has 2 aromatic heterocycles. The molecule has 0 aliphatic rings. The van der Waals surface area contributed by atoms with Gasteiger partial charge < -0.3 is 40.2 Å². The molecule has 1 atom stereocenters. The minimum Gasteiger partial charge on any atom is -0.479 e. The minimum absolute atomic E-state index is 0.139. The Morgan fingerprint density at radius 3 is 2.25 bits per heavy atom. The molecule has 0 fully saturated rings. The van der Waals surface area contributed by atoms with E-state index < -0.39 is 66.2 Å². The normalized spacial score (nSPS) is 12.0. The van der Waals surface area contributed by atoms with Crippen LogP contribution in [0.2, 0.25) is 0 Å². The van der Waals surface area contributed by atoms with E-state index >= 15 is 0 Å². The molecule has 2 aromatic carbocycles. The molecule has 336 valence electrons. The van der Waals surface area contributed by atoms with Crippen molar-refractivity contribution >= 4 is 76.7 Å².